The van der Waals surface area contributed by atoms with E-state index in [2.05, 4.69) is 0 Å². The van der Waals surface area contributed by atoms with Crippen LogP contribution in [0.2, 0.25) is 0 Å². The van der Waals surface area contributed by atoms with Gasteiger partial charge < -0.3 is 9.64 Å². The fourth-order valence-electron chi connectivity index (χ4n) is 1.63. The molecule has 0 saturated heterocycles. The van der Waals surface area contributed by atoms with Gasteiger partial charge in [-0.05, 0) is 12.1 Å². The maximum absolute atomic E-state index is 11.5. The first-order valence-electron chi connectivity index (χ1n) is 4.79. The van der Waals surface area contributed by atoms with Crippen molar-refractivity contribution in [1.82, 2.24) is 0 Å². The van der Waals surface area contributed by atoms with E-state index < -0.39 is 0 Å². The van der Waals surface area contributed by atoms with Crippen LogP contribution in [0.25, 0.3) is 0 Å². The number of para-hydroxylation sites is 1. The molecule has 1 aromatic rings. The summed E-state index contributed by atoms with van der Waals surface area (Å²) < 4.78 is 5.30. The molecule has 1 aliphatic heterocycles. The van der Waals surface area contributed by atoms with Crippen molar-refractivity contribution in [2.24, 2.45) is 0 Å². The summed E-state index contributed by atoms with van der Waals surface area (Å²) in [6.45, 7) is 2.20. The van der Waals surface area contributed by atoms with E-state index in [4.69, 9.17) is 4.74 Å². The fraction of sp³-hybridized carbons (Fsp3) is 0.364. The Labute approximate surface area is 93.4 Å². The summed E-state index contributed by atoms with van der Waals surface area (Å²) in [5, 5.41) is 0. The maximum Gasteiger partial charge on any atom is 0.224 e. The van der Waals surface area contributed by atoms with Crippen molar-refractivity contribution in [3.05, 3.63) is 24.3 Å². The number of benzene rings is 1. The number of fused-ring (bicyclic) bond motifs is 1. The van der Waals surface area contributed by atoms with Gasteiger partial charge in [-0.3, -0.25) is 4.79 Å². The monoisotopic (exact) mass is 223 g/mol. The lowest BCUT2D eigenvalue weighted by atomic mass is 10.2. The number of rotatable bonds is 1. The van der Waals surface area contributed by atoms with Crippen LogP contribution in [-0.2, 0) is 9.53 Å². The van der Waals surface area contributed by atoms with E-state index in [0.717, 1.165) is 10.6 Å². The summed E-state index contributed by atoms with van der Waals surface area (Å²) in [6, 6.07) is 7.90. The second kappa shape index (κ2) is 4.24. The Morgan fingerprint density at radius 2 is 2.27 bits per heavy atom. The second-order valence-corrected chi connectivity index (χ2v) is 4.58. The first-order chi connectivity index (χ1) is 7.22. The highest BCUT2D eigenvalue weighted by atomic mass is 32.2. The van der Waals surface area contributed by atoms with Crippen LogP contribution in [0.3, 0.4) is 0 Å². The van der Waals surface area contributed by atoms with Gasteiger partial charge in [0.1, 0.15) is 5.44 Å². The molecule has 0 bridgehead atoms. The zero-order valence-electron chi connectivity index (χ0n) is 8.77. The Bertz CT molecular complexity index is 381. The number of carbonyl (C=O) groups is 1. The number of anilines is 1. The molecule has 1 amide bonds. The van der Waals surface area contributed by atoms with Crippen LogP contribution in [0.1, 0.15) is 6.92 Å². The highest BCUT2D eigenvalue weighted by molar-refractivity contribution is 8.00. The summed E-state index contributed by atoms with van der Waals surface area (Å²) in [5.74, 6) is 0.0600. The summed E-state index contributed by atoms with van der Waals surface area (Å²) in [5.41, 5.74) is 1.02. The van der Waals surface area contributed by atoms with Crippen LogP contribution >= 0.6 is 11.8 Å². The average molecular weight is 223 g/mol. The Morgan fingerprint density at radius 1 is 1.53 bits per heavy atom. The third-order valence-electron chi connectivity index (χ3n) is 2.39. The molecule has 0 aliphatic carbocycles. The van der Waals surface area contributed by atoms with Gasteiger partial charge >= 0.3 is 0 Å². The number of hydrogen-bond donors (Lipinski definition) is 0. The van der Waals surface area contributed by atoms with Crippen LogP contribution in [0, 0.1) is 0 Å². The molecule has 1 heterocycles. The zero-order chi connectivity index (χ0) is 10.8. The number of nitrogens with zero attached hydrogens (tertiary/aromatic N) is 1. The molecule has 15 heavy (non-hydrogen) atoms. The molecular formula is C11H13NO2S. The molecule has 2 rings (SSSR count). The Morgan fingerprint density at radius 3 is 2.93 bits per heavy atom. The van der Waals surface area contributed by atoms with E-state index >= 15 is 0 Å². The van der Waals surface area contributed by atoms with Gasteiger partial charge in [0, 0.05) is 18.9 Å². The van der Waals surface area contributed by atoms with Crippen molar-refractivity contribution in [3.8, 4) is 0 Å². The molecule has 80 valence electrons. The molecule has 0 saturated carbocycles. The van der Waals surface area contributed by atoms with Crippen LogP contribution in [-0.4, -0.2) is 25.0 Å². The lowest BCUT2D eigenvalue weighted by Crippen LogP contribution is -2.38. The minimum atomic E-state index is 0.0313. The summed E-state index contributed by atoms with van der Waals surface area (Å²) in [4.78, 5) is 14.4. The molecule has 0 aromatic heterocycles. The van der Waals surface area contributed by atoms with Crippen molar-refractivity contribution in [2.75, 3.05) is 18.6 Å². The first kappa shape index (κ1) is 10.5. The normalized spacial score (nSPS) is 19.9. The number of hydrogen-bond acceptors (Lipinski definition) is 3. The maximum atomic E-state index is 11.5. The molecule has 0 fully saturated rings. The number of amides is 1. The lowest BCUT2D eigenvalue weighted by Gasteiger charge is -2.32. The predicted molar refractivity (Wildman–Crippen MR) is 61.1 cm³/mol. The highest BCUT2D eigenvalue weighted by Gasteiger charge is 2.26. The van der Waals surface area contributed by atoms with Gasteiger partial charge in [-0.1, -0.05) is 23.9 Å². The topological polar surface area (TPSA) is 29.5 Å². The minimum Gasteiger partial charge on any atom is -0.369 e. The second-order valence-electron chi connectivity index (χ2n) is 3.38. The van der Waals surface area contributed by atoms with Gasteiger partial charge in [-0.15, -0.1) is 0 Å². The van der Waals surface area contributed by atoms with Crippen molar-refractivity contribution in [1.29, 1.82) is 0 Å². The van der Waals surface area contributed by atoms with Crippen molar-refractivity contribution < 1.29 is 9.53 Å². The number of carbonyl (C=O) groups excluding carboxylic acids is 1. The highest BCUT2D eigenvalue weighted by Crippen LogP contribution is 2.38. The average Bonchev–Trinajstić information content (AvgIpc) is 2.27. The molecule has 0 N–H and O–H groups in total. The summed E-state index contributed by atoms with van der Waals surface area (Å²) in [7, 11) is 1.67. The van der Waals surface area contributed by atoms with Crippen LogP contribution < -0.4 is 4.90 Å². The zero-order valence-corrected chi connectivity index (χ0v) is 9.58. The molecule has 0 spiro atoms. The number of ether oxygens (including phenoxy) is 1. The van der Waals surface area contributed by atoms with Crippen molar-refractivity contribution >= 4 is 23.4 Å². The van der Waals surface area contributed by atoms with Gasteiger partial charge in [0.05, 0.1) is 12.2 Å². The molecule has 3 nitrogen and oxygen atoms in total. The third kappa shape index (κ3) is 2.01. The number of thioether (sulfide) groups is 1. The molecule has 4 heteroatoms. The summed E-state index contributed by atoms with van der Waals surface area (Å²) in [6.07, 6.45) is 0. The molecule has 0 radical (unpaired) electrons. The van der Waals surface area contributed by atoms with Crippen molar-refractivity contribution in [3.63, 3.8) is 0 Å². The minimum absolute atomic E-state index is 0.0313. The Balaban J connectivity index is 2.38. The van der Waals surface area contributed by atoms with E-state index in [1.807, 2.05) is 24.3 Å². The smallest absolute Gasteiger partial charge is 0.224 e. The number of methoxy groups -OCH3 is 1. The molecule has 1 aromatic carbocycles. The van der Waals surface area contributed by atoms with Crippen LogP contribution in [0.4, 0.5) is 5.69 Å². The SMILES string of the molecule is COC1CN(C(C)=O)c2ccccc2S1. The Kier molecular flexibility index (Phi) is 2.98. The van der Waals surface area contributed by atoms with Gasteiger partial charge in [-0.25, -0.2) is 0 Å². The largest absolute Gasteiger partial charge is 0.369 e. The molecule has 1 atom stereocenters. The first-order valence-corrected chi connectivity index (χ1v) is 5.67. The predicted octanol–water partition coefficient (Wildman–Crippen LogP) is 2.12. The van der Waals surface area contributed by atoms with E-state index in [9.17, 15) is 4.79 Å². The van der Waals surface area contributed by atoms with E-state index in [1.165, 1.54) is 0 Å². The fourth-order valence-corrected chi connectivity index (χ4v) is 2.69. The molecule has 1 aliphatic rings. The third-order valence-corrected chi connectivity index (χ3v) is 3.59. The molecule has 1 unspecified atom stereocenters. The standard InChI is InChI=1S/C11H13NO2S/c1-8(13)12-7-11(14-2)15-10-6-4-3-5-9(10)12/h3-6,11H,7H2,1-2H3. The van der Waals surface area contributed by atoms with Gasteiger partial charge in [0.15, 0.2) is 0 Å². The quantitative estimate of drug-likeness (QED) is 0.730. The van der Waals surface area contributed by atoms with Gasteiger partial charge in [0.25, 0.3) is 0 Å². The van der Waals surface area contributed by atoms with E-state index in [0.29, 0.717) is 6.54 Å². The van der Waals surface area contributed by atoms with Crippen molar-refractivity contribution in [2.45, 2.75) is 17.3 Å². The van der Waals surface area contributed by atoms with Gasteiger partial charge in [0.2, 0.25) is 5.91 Å². The van der Waals surface area contributed by atoms with Crippen LogP contribution in [0.5, 0.6) is 0 Å². The molecular weight excluding hydrogens is 210 g/mol. The van der Waals surface area contributed by atoms with E-state index in [-0.39, 0.29) is 11.3 Å². The lowest BCUT2D eigenvalue weighted by molar-refractivity contribution is -0.116. The Hall–Kier alpha value is -1.00. The summed E-state index contributed by atoms with van der Waals surface area (Å²) >= 11 is 1.66. The van der Waals surface area contributed by atoms with E-state index in [1.54, 1.807) is 30.7 Å². The van der Waals surface area contributed by atoms with Gasteiger partial charge in [-0.2, -0.15) is 0 Å². The van der Waals surface area contributed by atoms with Crippen LogP contribution in [0.15, 0.2) is 29.2 Å².